The number of nitrogen functional groups attached to an aromatic ring is 1. The van der Waals surface area contributed by atoms with Gasteiger partial charge in [0.1, 0.15) is 24.7 Å². The molecular formula is C20H20FN5O4. The third-order valence-electron chi connectivity index (χ3n) is 4.79. The smallest absolute Gasteiger partial charge is 0.412 e. The number of aromatic nitrogens is 2. The molecule has 1 aliphatic heterocycles. The van der Waals surface area contributed by atoms with E-state index >= 15 is 4.39 Å². The number of nitrogens with one attached hydrogen (secondary N) is 2. The number of aliphatic hydroxyl groups is 1. The zero-order chi connectivity index (χ0) is 21.3. The van der Waals surface area contributed by atoms with E-state index in [0.717, 1.165) is 11.3 Å². The van der Waals surface area contributed by atoms with E-state index in [9.17, 15) is 4.79 Å². The minimum Gasteiger partial charge on any atom is -0.474 e. The molecule has 0 spiro atoms. The number of pyridine rings is 2. The molecule has 0 unspecified atom stereocenters. The molecule has 3 aromatic rings. The summed E-state index contributed by atoms with van der Waals surface area (Å²) < 4.78 is 25.4. The fraction of sp³-hybridized carbons (Fsp3) is 0.250. The Hall–Kier alpha value is -3.66. The average Bonchev–Trinajstić information content (AvgIpc) is 2.75. The van der Waals surface area contributed by atoms with Gasteiger partial charge in [0.2, 0.25) is 5.88 Å². The number of carbonyl (C=O) groups is 1. The molecule has 0 saturated carbocycles. The number of hydrogen-bond acceptors (Lipinski definition) is 8. The third-order valence-corrected chi connectivity index (χ3v) is 4.79. The number of carbonyl (C=O) groups excluding carboxylic acids is 1. The molecule has 1 aromatic carbocycles. The number of halogens is 1. The first-order chi connectivity index (χ1) is 14.5. The monoisotopic (exact) mass is 413 g/mol. The molecular weight excluding hydrogens is 393 g/mol. The minimum atomic E-state index is -0.757. The molecule has 0 fully saturated rings. The summed E-state index contributed by atoms with van der Waals surface area (Å²) in [4.78, 5) is 20.1. The summed E-state index contributed by atoms with van der Waals surface area (Å²) >= 11 is 0. The second-order valence-corrected chi connectivity index (χ2v) is 6.68. The van der Waals surface area contributed by atoms with Crippen molar-refractivity contribution < 1.29 is 23.8 Å². The van der Waals surface area contributed by atoms with Gasteiger partial charge < -0.3 is 25.6 Å². The number of fused-ring (bicyclic) bond motifs is 2. The van der Waals surface area contributed by atoms with Crippen molar-refractivity contribution in [2.75, 3.05) is 42.7 Å². The van der Waals surface area contributed by atoms with Crippen LogP contribution in [0.3, 0.4) is 0 Å². The first kappa shape index (κ1) is 19.6. The van der Waals surface area contributed by atoms with Gasteiger partial charge in [-0.25, -0.2) is 19.2 Å². The number of nitrogens with zero attached hydrogens (tertiary/aromatic N) is 2. The first-order valence-electron chi connectivity index (χ1n) is 9.28. The Morgan fingerprint density at radius 2 is 2.20 bits per heavy atom. The minimum absolute atomic E-state index is 0.0502. The summed E-state index contributed by atoms with van der Waals surface area (Å²) in [6.45, 7) is 2.58. The normalized spacial score (nSPS) is 12.6. The van der Waals surface area contributed by atoms with Crippen molar-refractivity contribution in [2.24, 2.45) is 0 Å². The van der Waals surface area contributed by atoms with Gasteiger partial charge in [0.15, 0.2) is 5.82 Å². The fourth-order valence-electron chi connectivity index (χ4n) is 3.33. The third kappa shape index (κ3) is 3.52. The van der Waals surface area contributed by atoms with Crippen molar-refractivity contribution in [3.63, 3.8) is 0 Å². The van der Waals surface area contributed by atoms with Crippen LogP contribution in [0.4, 0.5) is 26.4 Å². The molecule has 1 aliphatic rings. The Kier molecular flexibility index (Phi) is 5.23. The molecule has 2 aromatic heterocycles. The molecule has 1 amide bonds. The number of hydrogen-bond donors (Lipinski definition) is 4. The predicted molar refractivity (Wildman–Crippen MR) is 110 cm³/mol. The maximum atomic E-state index is 15.1. The quantitative estimate of drug-likeness (QED) is 0.480. The van der Waals surface area contributed by atoms with E-state index in [1.165, 1.54) is 6.20 Å². The standard InChI is InChI=1S/C20H20FN5O4/c1-10-13(8-25-19-18(10)23-2-4-29-19)12-6-11-7-15(26-20(28)30-5-3-27)24-9-14(11)17(22)16(12)21/h6-9,23,27H,2-5,22H2,1H3,(H,24,26,28). The van der Waals surface area contributed by atoms with Crippen LogP contribution in [0.15, 0.2) is 24.5 Å². The number of aliphatic hydroxyl groups excluding tert-OH is 1. The second kappa shape index (κ2) is 7.99. The van der Waals surface area contributed by atoms with Crippen LogP contribution in [0, 0.1) is 12.7 Å². The van der Waals surface area contributed by atoms with Crippen molar-refractivity contribution in [1.29, 1.82) is 0 Å². The molecule has 0 atom stereocenters. The maximum absolute atomic E-state index is 15.1. The first-order valence-corrected chi connectivity index (χ1v) is 9.28. The van der Waals surface area contributed by atoms with Crippen LogP contribution >= 0.6 is 0 Å². The van der Waals surface area contributed by atoms with Gasteiger partial charge in [0.05, 0.1) is 12.3 Å². The maximum Gasteiger partial charge on any atom is 0.412 e. The number of benzene rings is 1. The van der Waals surface area contributed by atoms with E-state index < -0.39 is 11.9 Å². The van der Waals surface area contributed by atoms with Gasteiger partial charge in [0.25, 0.3) is 0 Å². The number of nitrogens with two attached hydrogens (primary N) is 1. The molecule has 0 radical (unpaired) electrons. The van der Waals surface area contributed by atoms with Crippen LogP contribution in [-0.2, 0) is 4.74 Å². The van der Waals surface area contributed by atoms with Crippen LogP contribution in [0.2, 0.25) is 0 Å². The molecule has 0 aliphatic carbocycles. The van der Waals surface area contributed by atoms with Crippen LogP contribution in [0.1, 0.15) is 5.56 Å². The highest BCUT2D eigenvalue weighted by molar-refractivity contribution is 5.99. The van der Waals surface area contributed by atoms with Crippen LogP contribution < -0.4 is 21.1 Å². The summed E-state index contributed by atoms with van der Waals surface area (Å²) in [6.07, 6.45) is 2.18. The molecule has 3 heterocycles. The summed E-state index contributed by atoms with van der Waals surface area (Å²) in [5.74, 6) is 0.112. The number of amides is 1. The SMILES string of the molecule is Cc1c(-c2cc3cc(NC(=O)OCCO)ncc3c(N)c2F)cnc2c1NCCO2. The van der Waals surface area contributed by atoms with Crippen LogP contribution in [-0.4, -0.2) is 47.5 Å². The highest BCUT2D eigenvalue weighted by Gasteiger charge is 2.21. The van der Waals surface area contributed by atoms with Crippen molar-refractivity contribution in [2.45, 2.75) is 6.92 Å². The van der Waals surface area contributed by atoms with E-state index in [1.807, 2.05) is 6.92 Å². The molecule has 30 heavy (non-hydrogen) atoms. The van der Waals surface area contributed by atoms with E-state index in [0.29, 0.717) is 35.4 Å². The molecule has 156 valence electrons. The van der Waals surface area contributed by atoms with Crippen molar-refractivity contribution in [3.8, 4) is 17.0 Å². The lowest BCUT2D eigenvalue weighted by Gasteiger charge is -2.22. The van der Waals surface area contributed by atoms with Gasteiger partial charge in [0, 0.05) is 35.5 Å². The van der Waals surface area contributed by atoms with Gasteiger partial charge in [-0.2, -0.15) is 0 Å². The van der Waals surface area contributed by atoms with Gasteiger partial charge >= 0.3 is 6.09 Å². The lowest BCUT2D eigenvalue weighted by atomic mass is 9.97. The zero-order valence-electron chi connectivity index (χ0n) is 16.2. The average molecular weight is 413 g/mol. The molecule has 0 saturated heterocycles. The van der Waals surface area contributed by atoms with Crippen molar-refractivity contribution in [1.82, 2.24) is 9.97 Å². The lowest BCUT2D eigenvalue weighted by molar-refractivity contribution is 0.131. The van der Waals surface area contributed by atoms with E-state index in [4.69, 9.17) is 20.3 Å². The van der Waals surface area contributed by atoms with Gasteiger partial charge in [-0.15, -0.1) is 0 Å². The summed E-state index contributed by atoms with van der Waals surface area (Å²) in [6, 6.07) is 3.20. The largest absolute Gasteiger partial charge is 0.474 e. The summed E-state index contributed by atoms with van der Waals surface area (Å²) in [5, 5.41) is 15.4. The second-order valence-electron chi connectivity index (χ2n) is 6.68. The highest BCUT2D eigenvalue weighted by Crippen LogP contribution is 2.39. The Balaban J connectivity index is 1.77. The number of anilines is 3. The van der Waals surface area contributed by atoms with Gasteiger partial charge in [-0.3, -0.25) is 5.32 Å². The van der Waals surface area contributed by atoms with Gasteiger partial charge in [-0.1, -0.05) is 0 Å². The predicted octanol–water partition coefficient (Wildman–Crippen LogP) is 2.67. The highest BCUT2D eigenvalue weighted by atomic mass is 19.1. The van der Waals surface area contributed by atoms with Crippen molar-refractivity contribution in [3.05, 3.63) is 35.9 Å². The number of rotatable bonds is 4. The number of ether oxygens (including phenoxy) is 2. The van der Waals surface area contributed by atoms with Crippen molar-refractivity contribution >= 4 is 34.1 Å². The topological polar surface area (TPSA) is 132 Å². The Morgan fingerprint density at radius 1 is 1.37 bits per heavy atom. The molecule has 5 N–H and O–H groups in total. The van der Waals surface area contributed by atoms with Gasteiger partial charge in [-0.05, 0) is 30.0 Å². The fourth-order valence-corrected chi connectivity index (χ4v) is 3.33. The Morgan fingerprint density at radius 3 is 3.00 bits per heavy atom. The molecule has 10 heteroatoms. The Labute approximate surface area is 171 Å². The van der Waals surface area contributed by atoms with E-state index in [1.54, 1.807) is 18.3 Å². The summed E-state index contributed by atoms with van der Waals surface area (Å²) in [7, 11) is 0. The van der Waals surface area contributed by atoms with E-state index in [-0.39, 0.29) is 30.3 Å². The molecule has 0 bridgehead atoms. The summed E-state index contributed by atoms with van der Waals surface area (Å²) in [5.41, 5.74) is 8.36. The Bertz CT molecular complexity index is 1140. The van der Waals surface area contributed by atoms with E-state index in [2.05, 4.69) is 20.6 Å². The lowest BCUT2D eigenvalue weighted by Crippen LogP contribution is -2.20. The zero-order valence-corrected chi connectivity index (χ0v) is 16.2. The van der Waals surface area contributed by atoms with Crippen LogP contribution in [0.25, 0.3) is 21.9 Å². The molecule has 9 nitrogen and oxygen atoms in total. The molecule has 4 rings (SSSR count). The van der Waals surface area contributed by atoms with Crippen LogP contribution in [0.5, 0.6) is 5.88 Å².